The molecule has 0 amide bonds. The molecule has 2 rings (SSSR count). The first kappa shape index (κ1) is 17.9. The van der Waals surface area contributed by atoms with E-state index < -0.39 is 10.0 Å². The van der Waals surface area contributed by atoms with Crippen LogP contribution >= 0.6 is 12.4 Å². The molecule has 21 heavy (non-hydrogen) atoms. The Balaban J connectivity index is 0.00000220. The van der Waals surface area contributed by atoms with Crippen molar-refractivity contribution in [3.8, 4) is 6.07 Å². The van der Waals surface area contributed by atoms with Crippen molar-refractivity contribution < 1.29 is 8.42 Å². The minimum Gasteiger partial charge on any atom is -0.317 e. The van der Waals surface area contributed by atoms with E-state index in [-0.39, 0.29) is 28.4 Å². The molecule has 0 atom stereocenters. The average molecular weight is 331 g/mol. The quantitative estimate of drug-likeness (QED) is 0.860. The molecule has 6 nitrogen and oxygen atoms in total. The molecule has 116 valence electrons. The predicted molar refractivity (Wildman–Crippen MR) is 81.6 cm³/mol. The topological polar surface area (TPSA) is 94.9 Å². The Kier molecular flexibility index (Phi) is 6.10. The zero-order valence-electron chi connectivity index (χ0n) is 11.8. The first-order chi connectivity index (χ1) is 9.47. The Labute approximate surface area is 131 Å². The molecule has 2 N–H and O–H groups in total. The number of nitriles is 1. The molecule has 1 aliphatic heterocycles. The van der Waals surface area contributed by atoms with Crippen molar-refractivity contribution in [3.05, 3.63) is 24.0 Å². The third-order valence-corrected chi connectivity index (χ3v) is 5.10. The van der Waals surface area contributed by atoms with E-state index in [9.17, 15) is 8.42 Å². The molecule has 0 spiro atoms. The first-order valence-electron chi connectivity index (χ1n) is 6.52. The molecule has 0 unspecified atom stereocenters. The lowest BCUT2D eigenvalue weighted by atomic mass is 9.81. The van der Waals surface area contributed by atoms with E-state index in [0.717, 1.165) is 25.9 Å². The highest BCUT2D eigenvalue weighted by Gasteiger charge is 2.29. The monoisotopic (exact) mass is 330 g/mol. The van der Waals surface area contributed by atoms with E-state index in [4.69, 9.17) is 5.26 Å². The number of piperidine rings is 1. The summed E-state index contributed by atoms with van der Waals surface area (Å²) in [6.07, 6.45) is 3.26. The fraction of sp³-hybridized carbons (Fsp3) is 0.538. The molecular weight excluding hydrogens is 312 g/mol. The summed E-state index contributed by atoms with van der Waals surface area (Å²) in [5.74, 6) is 0. The number of aromatic nitrogens is 1. The van der Waals surface area contributed by atoms with Crippen LogP contribution in [0.5, 0.6) is 0 Å². The maximum absolute atomic E-state index is 12.3. The maximum atomic E-state index is 12.3. The van der Waals surface area contributed by atoms with Crippen LogP contribution in [0.2, 0.25) is 0 Å². The number of nitrogens with one attached hydrogen (secondary N) is 2. The molecule has 2 heterocycles. The highest BCUT2D eigenvalue weighted by atomic mass is 35.5. The summed E-state index contributed by atoms with van der Waals surface area (Å²) in [5, 5.41) is 12.2. The highest BCUT2D eigenvalue weighted by Crippen LogP contribution is 2.27. The molecular formula is C13H19ClN4O2S. The van der Waals surface area contributed by atoms with Crippen molar-refractivity contribution in [2.45, 2.75) is 24.7 Å². The van der Waals surface area contributed by atoms with Gasteiger partial charge in [-0.1, -0.05) is 6.92 Å². The number of nitrogens with zero attached hydrogens (tertiary/aromatic N) is 2. The van der Waals surface area contributed by atoms with Gasteiger partial charge in [0.1, 0.15) is 11.0 Å². The summed E-state index contributed by atoms with van der Waals surface area (Å²) in [4.78, 5) is 3.73. The van der Waals surface area contributed by atoms with Gasteiger partial charge in [-0.25, -0.2) is 18.1 Å². The number of sulfonamides is 1. The first-order valence-corrected chi connectivity index (χ1v) is 8.01. The van der Waals surface area contributed by atoms with Gasteiger partial charge >= 0.3 is 0 Å². The Bertz CT molecular complexity index is 621. The third-order valence-electron chi connectivity index (χ3n) is 3.67. The second kappa shape index (κ2) is 7.18. The van der Waals surface area contributed by atoms with Crippen LogP contribution in [-0.2, 0) is 10.0 Å². The van der Waals surface area contributed by atoms with Gasteiger partial charge in [0, 0.05) is 12.7 Å². The Hall–Kier alpha value is -1.20. The van der Waals surface area contributed by atoms with Crippen molar-refractivity contribution in [2.75, 3.05) is 19.6 Å². The van der Waals surface area contributed by atoms with Crippen molar-refractivity contribution in [1.29, 1.82) is 5.26 Å². The molecule has 0 aromatic carbocycles. The summed E-state index contributed by atoms with van der Waals surface area (Å²) in [6.45, 7) is 4.24. The van der Waals surface area contributed by atoms with Crippen LogP contribution in [0, 0.1) is 16.7 Å². The van der Waals surface area contributed by atoms with Crippen LogP contribution in [0.15, 0.2) is 23.2 Å². The van der Waals surface area contributed by atoms with E-state index in [0.29, 0.717) is 6.54 Å². The normalized spacial score (nSPS) is 17.5. The summed E-state index contributed by atoms with van der Waals surface area (Å²) in [5.41, 5.74) is -0.122. The predicted octanol–water partition coefficient (Wildman–Crippen LogP) is 1.04. The Morgan fingerprint density at radius 2 is 2.14 bits per heavy atom. The number of halogens is 1. The second-order valence-corrected chi connectivity index (χ2v) is 7.08. The van der Waals surface area contributed by atoms with Gasteiger partial charge in [0.25, 0.3) is 0 Å². The van der Waals surface area contributed by atoms with E-state index in [2.05, 4.69) is 21.9 Å². The van der Waals surface area contributed by atoms with Crippen LogP contribution in [0.25, 0.3) is 0 Å². The number of hydrogen-bond acceptors (Lipinski definition) is 5. The fourth-order valence-corrected chi connectivity index (χ4v) is 3.55. The van der Waals surface area contributed by atoms with Crippen molar-refractivity contribution in [1.82, 2.24) is 15.0 Å². The van der Waals surface area contributed by atoms with E-state index in [1.54, 1.807) is 0 Å². The third kappa shape index (κ3) is 4.38. The minimum atomic E-state index is -3.70. The summed E-state index contributed by atoms with van der Waals surface area (Å²) >= 11 is 0. The van der Waals surface area contributed by atoms with Crippen LogP contribution in [-0.4, -0.2) is 33.0 Å². The number of rotatable bonds is 4. The zero-order chi connectivity index (χ0) is 14.6. The minimum absolute atomic E-state index is 0. The van der Waals surface area contributed by atoms with E-state index in [1.165, 1.54) is 18.3 Å². The van der Waals surface area contributed by atoms with Gasteiger partial charge in [-0.05, 0) is 43.5 Å². The van der Waals surface area contributed by atoms with Gasteiger partial charge in [-0.2, -0.15) is 5.26 Å². The molecule has 1 aromatic heterocycles. The SMILES string of the molecule is CC1(CNS(=O)(=O)c2cccnc2C#N)CCNCC1.Cl. The maximum Gasteiger partial charge on any atom is 0.243 e. The molecule has 0 saturated carbocycles. The van der Waals surface area contributed by atoms with Gasteiger partial charge in [-0.3, -0.25) is 0 Å². The van der Waals surface area contributed by atoms with Crippen LogP contribution < -0.4 is 10.0 Å². The molecule has 1 aromatic rings. The molecule has 0 bridgehead atoms. The lowest BCUT2D eigenvalue weighted by Crippen LogP contribution is -2.43. The fourth-order valence-electron chi connectivity index (χ4n) is 2.25. The van der Waals surface area contributed by atoms with Crippen molar-refractivity contribution >= 4 is 22.4 Å². The zero-order valence-corrected chi connectivity index (χ0v) is 13.4. The lowest BCUT2D eigenvalue weighted by Gasteiger charge is -2.34. The molecule has 1 aliphatic rings. The van der Waals surface area contributed by atoms with Crippen LogP contribution in [0.1, 0.15) is 25.5 Å². The molecule has 8 heteroatoms. The molecule has 1 fully saturated rings. The highest BCUT2D eigenvalue weighted by molar-refractivity contribution is 7.89. The van der Waals surface area contributed by atoms with E-state index in [1.807, 2.05) is 6.07 Å². The molecule has 0 radical (unpaired) electrons. The largest absolute Gasteiger partial charge is 0.317 e. The second-order valence-electron chi connectivity index (χ2n) is 5.35. The standard InChI is InChI=1S/C13H18N4O2S.ClH/c1-13(4-7-15-8-5-13)10-17-20(18,19)12-3-2-6-16-11(12)9-14;/h2-3,6,15,17H,4-5,7-8,10H2,1H3;1H. The number of hydrogen-bond donors (Lipinski definition) is 2. The van der Waals surface area contributed by atoms with Gasteiger partial charge in [-0.15, -0.1) is 12.4 Å². The van der Waals surface area contributed by atoms with E-state index >= 15 is 0 Å². The van der Waals surface area contributed by atoms with Crippen LogP contribution in [0.4, 0.5) is 0 Å². The molecule has 1 saturated heterocycles. The van der Waals surface area contributed by atoms with Gasteiger partial charge < -0.3 is 5.32 Å². The van der Waals surface area contributed by atoms with Gasteiger partial charge in [0.2, 0.25) is 10.0 Å². The van der Waals surface area contributed by atoms with Gasteiger partial charge in [0.15, 0.2) is 5.69 Å². The Morgan fingerprint density at radius 3 is 2.76 bits per heavy atom. The van der Waals surface area contributed by atoms with Crippen molar-refractivity contribution in [3.63, 3.8) is 0 Å². The number of pyridine rings is 1. The summed E-state index contributed by atoms with van der Waals surface area (Å²) in [7, 11) is -3.70. The van der Waals surface area contributed by atoms with Crippen LogP contribution in [0.3, 0.4) is 0 Å². The average Bonchev–Trinajstić information content (AvgIpc) is 2.46. The summed E-state index contributed by atoms with van der Waals surface area (Å²) < 4.78 is 27.2. The molecule has 0 aliphatic carbocycles. The smallest absolute Gasteiger partial charge is 0.243 e. The Morgan fingerprint density at radius 1 is 1.48 bits per heavy atom. The summed E-state index contributed by atoms with van der Waals surface area (Å²) in [6, 6.07) is 4.73. The van der Waals surface area contributed by atoms with Crippen molar-refractivity contribution in [2.24, 2.45) is 5.41 Å². The van der Waals surface area contributed by atoms with Gasteiger partial charge in [0.05, 0.1) is 0 Å². The lowest BCUT2D eigenvalue weighted by molar-refractivity contribution is 0.232.